The number of allylic oxidation sites excluding steroid dienone is 1. The fourth-order valence-electron chi connectivity index (χ4n) is 2.57. The van der Waals surface area contributed by atoms with Crippen molar-refractivity contribution in [2.24, 2.45) is 0 Å². The Balaban J connectivity index is 1.92. The third-order valence-electron chi connectivity index (χ3n) is 3.67. The van der Waals surface area contributed by atoms with E-state index in [1.807, 2.05) is 48.2 Å². The first-order valence-electron chi connectivity index (χ1n) is 6.84. The SMILES string of the molecule is CC1=Cc2ccccc2CC(=O)N1Cc1ccccc1. The summed E-state index contributed by atoms with van der Waals surface area (Å²) in [5.41, 5.74) is 4.41. The molecule has 100 valence electrons. The molecule has 2 heteroatoms. The third-order valence-corrected chi connectivity index (χ3v) is 3.67. The lowest BCUT2D eigenvalue weighted by Crippen LogP contribution is -2.29. The highest BCUT2D eigenvalue weighted by molar-refractivity contribution is 5.84. The summed E-state index contributed by atoms with van der Waals surface area (Å²) in [5.74, 6) is 0.160. The summed E-state index contributed by atoms with van der Waals surface area (Å²) in [4.78, 5) is 14.3. The summed E-state index contributed by atoms with van der Waals surface area (Å²) in [5, 5.41) is 0. The molecule has 1 aliphatic rings. The lowest BCUT2D eigenvalue weighted by molar-refractivity contribution is -0.128. The molecule has 0 atom stereocenters. The zero-order chi connectivity index (χ0) is 13.9. The second-order valence-corrected chi connectivity index (χ2v) is 5.13. The lowest BCUT2D eigenvalue weighted by Gasteiger charge is -2.22. The minimum Gasteiger partial charge on any atom is -0.312 e. The van der Waals surface area contributed by atoms with Gasteiger partial charge >= 0.3 is 0 Å². The van der Waals surface area contributed by atoms with Crippen LogP contribution >= 0.6 is 0 Å². The monoisotopic (exact) mass is 263 g/mol. The summed E-state index contributed by atoms with van der Waals surface area (Å²) in [6.45, 7) is 2.64. The average molecular weight is 263 g/mol. The predicted molar refractivity (Wildman–Crippen MR) is 80.8 cm³/mol. The van der Waals surface area contributed by atoms with Crippen molar-refractivity contribution >= 4 is 12.0 Å². The molecule has 0 spiro atoms. The molecule has 2 aromatic rings. The zero-order valence-electron chi connectivity index (χ0n) is 11.5. The van der Waals surface area contributed by atoms with Crippen LogP contribution in [-0.2, 0) is 17.8 Å². The topological polar surface area (TPSA) is 20.3 Å². The summed E-state index contributed by atoms with van der Waals surface area (Å²) >= 11 is 0. The van der Waals surface area contributed by atoms with Gasteiger partial charge in [-0.15, -0.1) is 0 Å². The molecule has 0 saturated carbocycles. The van der Waals surface area contributed by atoms with E-state index in [-0.39, 0.29) is 5.91 Å². The van der Waals surface area contributed by atoms with Gasteiger partial charge in [0.25, 0.3) is 0 Å². The second kappa shape index (κ2) is 5.33. The molecule has 1 amide bonds. The van der Waals surface area contributed by atoms with Gasteiger partial charge in [-0.05, 0) is 29.7 Å². The van der Waals surface area contributed by atoms with E-state index in [9.17, 15) is 4.79 Å². The molecule has 1 aliphatic heterocycles. The Kier molecular flexibility index (Phi) is 3.38. The van der Waals surface area contributed by atoms with E-state index in [0.29, 0.717) is 13.0 Å². The number of hydrogen-bond acceptors (Lipinski definition) is 1. The van der Waals surface area contributed by atoms with E-state index in [2.05, 4.69) is 24.3 Å². The van der Waals surface area contributed by atoms with Crippen molar-refractivity contribution in [1.29, 1.82) is 0 Å². The first-order valence-corrected chi connectivity index (χ1v) is 6.84. The molecule has 3 rings (SSSR count). The second-order valence-electron chi connectivity index (χ2n) is 5.13. The van der Waals surface area contributed by atoms with Crippen molar-refractivity contribution in [3.63, 3.8) is 0 Å². The number of carbonyl (C=O) groups is 1. The van der Waals surface area contributed by atoms with Gasteiger partial charge in [-0.3, -0.25) is 4.79 Å². The van der Waals surface area contributed by atoms with Crippen LogP contribution in [0.1, 0.15) is 23.6 Å². The maximum Gasteiger partial charge on any atom is 0.231 e. The highest BCUT2D eigenvalue weighted by Gasteiger charge is 2.20. The minimum absolute atomic E-state index is 0.160. The maximum absolute atomic E-state index is 12.5. The predicted octanol–water partition coefficient (Wildman–Crippen LogP) is 3.63. The summed E-state index contributed by atoms with van der Waals surface area (Å²) in [7, 11) is 0. The van der Waals surface area contributed by atoms with Crippen molar-refractivity contribution in [3.05, 3.63) is 77.0 Å². The molecular formula is C18H17NO. The van der Waals surface area contributed by atoms with Gasteiger partial charge in [0.2, 0.25) is 5.91 Å². The fraction of sp³-hybridized carbons (Fsp3) is 0.167. The van der Waals surface area contributed by atoms with Gasteiger partial charge in [0.1, 0.15) is 0 Å². The van der Waals surface area contributed by atoms with Crippen molar-refractivity contribution in [1.82, 2.24) is 4.90 Å². The fourth-order valence-corrected chi connectivity index (χ4v) is 2.57. The van der Waals surface area contributed by atoms with Crippen LogP contribution in [0.15, 0.2) is 60.3 Å². The highest BCUT2D eigenvalue weighted by Crippen LogP contribution is 2.23. The molecule has 0 saturated heterocycles. The van der Waals surface area contributed by atoms with Crippen LogP contribution in [0, 0.1) is 0 Å². The van der Waals surface area contributed by atoms with E-state index < -0.39 is 0 Å². The Morgan fingerprint density at radius 1 is 1.00 bits per heavy atom. The molecule has 2 aromatic carbocycles. The van der Waals surface area contributed by atoms with Crippen LogP contribution in [0.4, 0.5) is 0 Å². The van der Waals surface area contributed by atoms with Crippen molar-refractivity contribution in [3.8, 4) is 0 Å². The van der Waals surface area contributed by atoms with Crippen molar-refractivity contribution in [2.45, 2.75) is 19.9 Å². The molecule has 0 aliphatic carbocycles. The number of benzene rings is 2. The number of nitrogens with zero attached hydrogens (tertiary/aromatic N) is 1. The first kappa shape index (κ1) is 12.7. The van der Waals surface area contributed by atoms with Crippen LogP contribution < -0.4 is 0 Å². The van der Waals surface area contributed by atoms with E-state index in [4.69, 9.17) is 0 Å². The molecule has 2 nitrogen and oxygen atoms in total. The van der Waals surface area contributed by atoms with E-state index in [1.54, 1.807) is 0 Å². The average Bonchev–Trinajstić information content (AvgIpc) is 2.58. The van der Waals surface area contributed by atoms with E-state index >= 15 is 0 Å². The van der Waals surface area contributed by atoms with Crippen LogP contribution in [-0.4, -0.2) is 10.8 Å². The number of carbonyl (C=O) groups excluding carboxylic acids is 1. The molecule has 0 N–H and O–H groups in total. The third kappa shape index (κ3) is 2.50. The quantitative estimate of drug-likeness (QED) is 0.810. The molecule has 0 unspecified atom stereocenters. The number of rotatable bonds is 2. The summed E-state index contributed by atoms with van der Waals surface area (Å²) in [6, 6.07) is 18.2. The zero-order valence-corrected chi connectivity index (χ0v) is 11.5. The first-order chi connectivity index (χ1) is 9.74. The largest absolute Gasteiger partial charge is 0.312 e. The van der Waals surface area contributed by atoms with Gasteiger partial charge in [-0.2, -0.15) is 0 Å². The van der Waals surface area contributed by atoms with E-state index in [1.165, 1.54) is 0 Å². The number of hydrogen-bond donors (Lipinski definition) is 0. The molecule has 0 fully saturated rings. The molecule has 0 radical (unpaired) electrons. The van der Waals surface area contributed by atoms with Crippen LogP contribution in [0.3, 0.4) is 0 Å². The normalized spacial score (nSPS) is 14.6. The van der Waals surface area contributed by atoms with Gasteiger partial charge < -0.3 is 4.90 Å². The molecule has 20 heavy (non-hydrogen) atoms. The Morgan fingerprint density at radius 2 is 1.70 bits per heavy atom. The lowest BCUT2D eigenvalue weighted by atomic mass is 10.1. The van der Waals surface area contributed by atoms with Crippen LogP contribution in [0.2, 0.25) is 0 Å². The van der Waals surface area contributed by atoms with Gasteiger partial charge in [0.05, 0.1) is 13.0 Å². The van der Waals surface area contributed by atoms with Crippen molar-refractivity contribution < 1.29 is 4.79 Å². The minimum atomic E-state index is 0.160. The van der Waals surface area contributed by atoms with Gasteiger partial charge in [-0.25, -0.2) is 0 Å². The van der Waals surface area contributed by atoms with Gasteiger partial charge in [0.15, 0.2) is 0 Å². The van der Waals surface area contributed by atoms with E-state index in [0.717, 1.165) is 22.4 Å². The molecule has 0 aromatic heterocycles. The van der Waals surface area contributed by atoms with Crippen LogP contribution in [0.25, 0.3) is 6.08 Å². The molecule has 0 bridgehead atoms. The maximum atomic E-state index is 12.5. The smallest absolute Gasteiger partial charge is 0.231 e. The Bertz CT molecular complexity index is 658. The highest BCUT2D eigenvalue weighted by atomic mass is 16.2. The summed E-state index contributed by atoms with van der Waals surface area (Å²) in [6.07, 6.45) is 2.57. The number of amides is 1. The van der Waals surface area contributed by atoms with Crippen LogP contribution in [0.5, 0.6) is 0 Å². The van der Waals surface area contributed by atoms with Crippen molar-refractivity contribution in [2.75, 3.05) is 0 Å². The Labute approximate surface area is 119 Å². The standard InChI is InChI=1S/C18H17NO/c1-14-11-16-9-5-6-10-17(16)12-18(20)19(14)13-15-7-3-2-4-8-15/h2-11H,12-13H2,1H3. The Morgan fingerprint density at radius 3 is 2.50 bits per heavy atom. The van der Waals surface area contributed by atoms with Gasteiger partial charge in [-0.1, -0.05) is 54.6 Å². The molecule has 1 heterocycles. The number of fused-ring (bicyclic) bond motifs is 1. The Hall–Kier alpha value is -2.35. The molecular weight excluding hydrogens is 246 g/mol. The summed E-state index contributed by atoms with van der Waals surface area (Å²) < 4.78 is 0. The van der Waals surface area contributed by atoms with Gasteiger partial charge in [0, 0.05) is 5.70 Å².